The molecule has 0 aliphatic carbocycles. The Hall–Kier alpha value is -3.24. The highest BCUT2D eigenvalue weighted by atomic mass is 79.9. The van der Waals surface area contributed by atoms with E-state index in [1.165, 1.54) is 0 Å². The molecule has 4 rings (SSSR count). The SMILES string of the molecule is BrCc1c(OCc2ccccc2)ccc(OCc2ccccc2)c1OCc1ccccc1. The van der Waals surface area contributed by atoms with Gasteiger partial charge in [-0.3, -0.25) is 0 Å². The molecule has 0 spiro atoms. The van der Waals surface area contributed by atoms with Crippen molar-refractivity contribution < 1.29 is 14.2 Å². The molecule has 0 atom stereocenters. The Bertz CT molecular complexity index is 1100. The van der Waals surface area contributed by atoms with Gasteiger partial charge in [0.25, 0.3) is 0 Å². The predicted molar refractivity (Wildman–Crippen MR) is 131 cm³/mol. The molecule has 162 valence electrons. The van der Waals surface area contributed by atoms with Crippen molar-refractivity contribution in [1.29, 1.82) is 0 Å². The van der Waals surface area contributed by atoms with E-state index in [0.717, 1.165) is 28.0 Å². The van der Waals surface area contributed by atoms with Gasteiger partial charge in [-0.1, -0.05) is 107 Å². The third-order valence-corrected chi connectivity index (χ3v) is 5.58. The van der Waals surface area contributed by atoms with E-state index in [9.17, 15) is 0 Å². The minimum Gasteiger partial charge on any atom is -0.488 e. The van der Waals surface area contributed by atoms with Gasteiger partial charge in [0.2, 0.25) is 0 Å². The van der Waals surface area contributed by atoms with Gasteiger partial charge in [-0.05, 0) is 28.8 Å². The van der Waals surface area contributed by atoms with Crippen LogP contribution in [0.1, 0.15) is 22.3 Å². The lowest BCUT2D eigenvalue weighted by Gasteiger charge is -2.19. The lowest BCUT2D eigenvalue weighted by molar-refractivity contribution is 0.249. The van der Waals surface area contributed by atoms with Crippen molar-refractivity contribution in [2.75, 3.05) is 0 Å². The van der Waals surface area contributed by atoms with Gasteiger partial charge in [-0.15, -0.1) is 0 Å². The van der Waals surface area contributed by atoms with Gasteiger partial charge in [0.1, 0.15) is 25.6 Å². The third-order valence-electron chi connectivity index (χ3n) is 5.02. The lowest BCUT2D eigenvalue weighted by Crippen LogP contribution is -2.05. The van der Waals surface area contributed by atoms with E-state index in [1.54, 1.807) is 0 Å². The fourth-order valence-corrected chi connectivity index (χ4v) is 3.85. The van der Waals surface area contributed by atoms with Crippen LogP contribution < -0.4 is 14.2 Å². The summed E-state index contributed by atoms with van der Waals surface area (Å²) in [5.41, 5.74) is 4.25. The van der Waals surface area contributed by atoms with E-state index >= 15 is 0 Å². The van der Waals surface area contributed by atoms with Crippen LogP contribution in [-0.2, 0) is 25.2 Å². The highest BCUT2D eigenvalue weighted by Gasteiger charge is 2.17. The van der Waals surface area contributed by atoms with Crippen LogP contribution in [0.15, 0.2) is 103 Å². The number of hydrogen-bond acceptors (Lipinski definition) is 3. The van der Waals surface area contributed by atoms with Crippen LogP contribution in [0.5, 0.6) is 17.2 Å². The first-order chi connectivity index (χ1) is 15.8. The Morgan fingerprint density at radius 3 is 1.34 bits per heavy atom. The van der Waals surface area contributed by atoms with Crippen LogP contribution in [0.3, 0.4) is 0 Å². The number of ether oxygens (including phenoxy) is 3. The van der Waals surface area contributed by atoms with Gasteiger partial charge in [-0.25, -0.2) is 0 Å². The largest absolute Gasteiger partial charge is 0.488 e. The highest BCUT2D eigenvalue weighted by Crippen LogP contribution is 2.40. The van der Waals surface area contributed by atoms with Gasteiger partial charge in [0.15, 0.2) is 11.5 Å². The van der Waals surface area contributed by atoms with Crippen LogP contribution in [0.4, 0.5) is 0 Å². The van der Waals surface area contributed by atoms with E-state index in [1.807, 2.05) is 91.0 Å². The number of rotatable bonds is 10. The van der Waals surface area contributed by atoms with Gasteiger partial charge >= 0.3 is 0 Å². The van der Waals surface area contributed by atoms with Crippen LogP contribution >= 0.6 is 15.9 Å². The maximum absolute atomic E-state index is 6.29. The number of alkyl halides is 1. The Morgan fingerprint density at radius 2 is 0.875 bits per heavy atom. The zero-order chi connectivity index (χ0) is 22.0. The third kappa shape index (κ3) is 5.92. The quantitative estimate of drug-likeness (QED) is 0.219. The van der Waals surface area contributed by atoms with Crippen molar-refractivity contribution in [1.82, 2.24) is 0 Å². The Kier molecular flexibility index (Phi) is 7.83. The van der Waals surface area contributed by atoms with Crippen molar-refractivity contribution in [2.24, 2.45) is 0 Å². The molecule has 0 fully saturated rings. The summed E-state index contributed by atoms with van der Waals surface area (Å²) in [5, 5.41) is 0.587. The second-order valence-corrected chi connectivity index (χ2v) is 7.89. The topological polar surface area (TPSA) is 27.7 Å². The van der Waals surface area contributed by atoms with Crippen LogP contribution in [-0.4, -0.2) is 0 Å². The molecule has 0 N–H and O–H groups in total. The molecule has 0 radical (unpaired) electrons. The van der Waals surface area contributed by atoms with E-state index < -0.39 is 0 Å². The summed E-state index contributed by atoms with van der Waals surface area (Å²) in [4.78, 5) is 0. The average Bonchev–Trinajstić information content (AvgIpc) is 2.87. The van der Waals surface area contributed by atoms with E-state index in [2.05, 4.69) is 28.1 Å². The molecule has 0 heterocycles. The molecule has 0 aromatic heterocycles. The van der Waals surface area contributed by atoms with Gasteiger partial charge in [0, 0.05) is 5.33 Å². The van der Waals surface area contributed by atoms with E-state index in [0.29, 0.717) is 36.6 Å². The lowest BCUT2D eigenvalue weighted by atomic mass is 10.1. The van der Waals surface area contributed by atoms with Crippen LogP contribution in [0.2, 0.25) is 0 Å². The van der Waals surface area contributed by atoms with Gasteiger partial charge in [-0.2, -0.15) is 0 Å². The summed E-state index contributed by atoms with van der Waals surface area (Å²) in [5.74, 6) is 2.18. The van der Waals surface area contributed by atoms with Crippen LogP contribution in [0.25, 0.3) is 0 Å². The zero-order valence-corrected chi connectivity index (χ0v) is 19.3. The summed E-state index contributed by atoms with van der Waals surface area (Å²) < 4.78 is 18.6. The molecule has 4 aromatic rings. The van der Waals surface area contributed by atoms with Crippen molar-refractivity contribution in [3.63, 3.8) is 0 Å². The van der Waals surface area contributed by atoms with Crippen molar-refractivity contribution in [3.05, 3.63) is 125 Å². The number of halogens is 1. The predicted octanol–water partition coefficient (Wildman–Crippen LogP) is 7.32. The molecule has 0 saturated heterocycles. The smallest absolute Gasteiger partial charge is 0.169 e. The molecule has 0 unspecified atom stereocenters. The van der Waals surface area contributed by atoms with Crippen molar-refractivity contribution in [2.45, 2.75) is 25.2 Å². The summed E-state index contributed by atoms with van der Waals surface area (Å²) in [6, 6.07) is 34.3. The summed E-state index contributed by atoms with van der Waals surface area (Å²) in [6.45, 7) is 1.41. The molecule has 3 nitrogen and oxygen atoms in total. The minimum absolute atomic E-state index is 0.449. The molecule has 0 amide bonds. The van der Waals surface area contributed by atoms with Crippen molar-refractivity contribution in [3.8, 4) is 17.2 Å². The van der Waals surface area contributed by atoms with Crippen LogP contribution in [0, 0.1) is 0 Å². The van der Waals surface area contributed by atoms with Gasteiger partial charge < -0.3 is 14.2 Å². The summed E-state index contributed by atoms with van der Waals surface area (Å²) >= 11 is 3.63. The van der Waals surface area contributed by atoms with E-state index in [4.69, 9.17) is 14.2 Å². The Labute approximate surface area is 197 Å². The molecule has 4 heteroatoms. The maximum atomic E-state index is 6.29. The Balaban J connectivity index is 1.58. The first-order valence-electron chi connectivity index (χ1n) is 10.6. The molecular weight excluding hydrogens is 464 g/mol. The molecule has 0 aliphatic heterocycles. The monoisotopic (exact) mass is 488 g/mol. The summed E-state index contributed by atoms with van der Waals surface area (Å²) in [6.07, 6.45) is 0. The zero-order valence-electron chi connectivity index (χ0n) is 17.7. The van der Waals surface area contributed by atoms with Gasteiger partial charge in [0.05, 0.1) is 5.56 Å². The second-order valence-electron chi connectivity index (χ2n) is 7.33. The van der Waals surface area contributed by atoms with Crippen molar-refractivity contribution >= 4 is 15.9 Å². The fraction of sp³-hybridized carbons (Fsp3) is 0.143. The first kappa shape index (κ1) is 22.0. The highest BCUT2D eigenvalue weighted by molar-refractivity contribution is 9.08. The normalized spacial score (nSPS) is 10.5. The van der Waals surface area contributed by atoms with E-state index in [-0.39, 0.29) is 0 Å². The second kappa shape index (κ2) is 11.4. The summed E-state index contributed by atoms with van der Waals surface area (Å²) in [7, 11) is 0. The average molecular weight is 489 g/mol. The molecule has 0 aliphatic rings. The standard InChI is InChI=1S/C28H25BrO3/c29-18-25-26(30-19-22-10-4-1-5-11-22)16-17-27(31-20-23-12-6-2-7-13-23)28(25)32-21-24-14-8-3-9-15-24/h1-17H,18-21H2. The number of benzene rings is 4. The fourth-order valence-electron chi connectivity index (χ4n) is 3.32. The first-order valence-corrected chi connectivity index (χ1v) is 11.7. The molecule has 0 saturated carbocycles. The Morgan fingerprint density at radius 1 is 0.469 bits per heavy atom. The molecular formula is C28H25BrO3. The minimum atomic E-state index is 0.449. The number of hydrogen-bond donors (Lipinski definition) is 0. The molecule has 32 heavy (non-hydrogen) atoms. The molecule has 4 aromatic carbocycles. The molecule has 0 bridgehead atoms. The maximum Gasteiger partial charge on any atom is 0.169 e.